The Balaban J connectivity index is 1.63. The standard InChI is InChI=1S/C17H21NS/c1-11-9-15(13(3)19-11)12(2)18-17-10-16(17)14-7-5-4-6-8-14/h4-9,12,16-18H,10H2,1-3H3. The first kappa shape index (κ1) is 12.9. The maximum atomic E-state index is 3.78. The Morgan fingerprint density at radius 2 is 1.95 bits per heavy atom. The summed E-state index contributed by atoms with van der Waals surface area (Å²) in [6.07, 6.45) is 1.27. The molecule has 3 rings (SSSR count). The molecule has 0 saturated heterocycles. The van der Waals surface area contributed by atoms with Crippen LogP contribution < -0.4 is 5.32 Å². The quantitative estimate of drug-likeness (QED) is 0.859. The minimum absolute atomic E-state index is 0.462. The average Bonchev–Trinajstić information content (AvgIpc) is 3.07. The molecule has 1 N–H and O–H groups in total. The summed E-state index contributed by atoms with van der Waals surface area (Å²) >= 11 is 1.90. The van der Waals surface area contributed by atoms with Crippen molar-refractivity contribution < 1.29 is 0 Å². The molecule has 1 aliphatic rings. The van der Waals surface area contributed by atoms with Crippen molar-refractivity contribution in [3.8, 4) is 0 Å². The Kier molecular flexibility index (Phi) is 3.46. The van der Waals surface area contributed by atoms with E-state index in [0.717, 1.165) is 0 Å². The van der Waals surface area contributed by atoms with E-state index in [1.165, 1.54) is 27.3 Å². The van der Waals surface area contributed by atoms with E-state index >= 15 is 0 Å². The largest absolute Gasteiger partial charge is 0.307 e. The van der Waals surface area contributed by atoms with Crippen molar-refractivity contribution >= 4 is 11.3 Å². The topological polar surface area (TPSA) is 12.0 Å². The van der Waals surface area contributed by atoms with Crippen LogP contribution in [0.25, 0.3) is 0 Å². The van der Waals surface area contributed by atoms with Gasteiger partial charge >= 0.3 is 0 Å². The van der Waals surface area contributed by atoms with Crippen molar-refractivity contribution in [3.05, 3.63) is 57.3 Å². The summed E-state index contributed by atoms with van der Waals surface area (Å²) in [5.41, 5.74) is 2.95. The normalized spacial score (nSPS) is 23.3. The lowest BCUT2D eigenvalue weighted by Gasteiger charge is -2.14. The van der Waals surface area contributed by atoms with Crippen LogP contribution in [0.3, 0.4) is 0 Å². The zero-order valence-electron chi connectivity index (χ0n) is 11.8. The molecule has 0 spiro atoms. The molecule has 1 saturated carbocycles. The van der Waals surface area contributed by atoms with E-state index in [1.807, 2.05) is 11.3 Å². The minimum atomic E-state index is 0.462. The molecule has 0 amide bonds. The Morgan fingerprint density at radius 3 is 2.58 bits per heavy atom. The lowest BCUT2D eigenvalue weighted by molar-refractivity contribution is 0.562. The molecule has 0 aliphatic heterocycles. The molecule has 1 heterocycles. The number of benzene rings is 1. The lowest BCUT2D eigenvalue weighted by Crippen LogP contribution is -2.22. The van der Waals surface area contributed by atoms with E-state index in [1.54, 1.807) is 0 Å². The molecule has 1 aromatic heterocycles. The van der Waals surface area contributed by atoms with Gasteiger partial charge in [0.25, 0.3) is 0 Å². The molecule has 1 aromatic carbocycles. The van der Waals surface area contributed by atoms with Crippen LogP contribution in [0.15, 0.2) is 36.4 Å². The van der Waals surface area contributed by atoms with Gasteiger partial charge in [0.05, 0.1) is 0 Å². The fourth-order valence-electron chi connectivity index (χ4n) is 2.94. The molecular weight excluding hydrogens is 250 g/mol. The summed E-state index contributed by atoms with van der Waals surface area (Å²) in [5, 5.41) is 3.78. The molecule has 1 nitrogen and oxygen atoms in total. The van der Waals surface area contributed by atoms with Crippen LogP contribution in [0.1, 0.15) is 46.2 Å². The fourth-order valence-corrected chi connectivity index (χ4v) is 3.96. The van der Waals surface area contributed by atoms with Gasteiger partial charge in [-0.05, 0) is 44.4 Å². The van der Waals surface area contributed by atoms with Crippen LogP contribution in [-0.2, 0) is 0 Å². The van der Waals surface area contributed by atoms with E-state index in [2.05, 4.69) is 62.5 Å². The highest BCUT2D eigenvalue weighted by Gasteiger charge is 2.38. The minimum Gasteiger partial charge on any atom is -0.307 e. The third kappa shape index (κ3) is 2.75. The number of thiophene rings is 1. The molecule has 3 unspecified atom stereocenters. The monoisotopic (exact) mass is 271 g/mol. The van der Waals surface area contributed by atoms with Gasteiger partial charge in [-0.1, -0.05) is 30.3 Å². The Morgan fingerprint density at radius 1 is 1.21 bits per heavy atom. The second-order valence-electron chi connectivity index (χ2n) is 5.62. The van der Waals surface area contributed by atoms with Crippen molar-refractivity contribution in [1.82, 2.24) is 5.32 Å². The molecule has 2 aromatic rings. The molecule has 100 valence electrons. The van der Waals surface area contributed by atoms with Crippen molar-refractivity contribution in [2.24, 2.45) is 0 Å². The van der Waals surface area contributed by atoms with Gasteiger partial charge in [0, 0.05) is 27.8 Å². The Hall–Kier alpha value is -1.12. The Bertz CT molecular complexity index is 558. The first-order valence-electron chi connectivity index (χ1n) is 7.03. The number of nitrogens with one attached hydrogen (secondary N) is 1. The van der Waals surface area contributed by atoms with Gasteiger partial charge in [0.2, 0.25) is 0 Å². The maximum Gasteiger partial charge on any atom is 0.0305 e. The van der Waals surface area contributed by atoms with Crippen molar-refractivity contribution in [1.29, 1.82) is 0 Å². The van der Waals surface area contributed by atoms with E-state index in [-0.39, 0.29) is 0 Å². The zero-order chi connectivity index (χ0) is 13.4. The van der Waals surface area contributed by atoms with Gasteiger partial charge in [-0.3, -0.25) is 0 Å². The van der Waals surface area contributed by atoms with Crippen molar-refractivity contribution in [2.45, 2.75) is 45.2 Å². The van der Waals surface area contributed by atoms with Crippen LogP contribution in [0.2, 0.25) is 0 Å². The van der Waals surface area contributed by atoms with Crippen LogP contribution in [0, 0.1) is 13.8 Å². The first-order chi connectivity index (χ1) is 9.15. The van der Waals surface area contributed by atoms with Gasteiger partial charge in [-0.2, -0.15) is 0 Å². The van der Waals surface area contributed by atoms with Crippen LogP contribution >= 0.6 is 11.3 Å². The maximum absolute atomic E-state index is 3.78. The summed E-state index contributed by atoms with van der Waals surface area (Å²) in [5.74, 6) is 0.712. The molecule has 1 aliphatic carbocycles. The smallest absolute Gasteiger partial charge is 0.0305 e. The molecule has 0 radical (unpaired) electrons. The third-order valence-corrected chi connectivity index (χ3v) is 5.01. The SMILES string of the molecule is Cc1cc(C(C)NC2CC2c2ccccc2)c(C)s1. The van der Waals surface area contributed by atoms with E-state index in [9.17, 15) is 0 Å². The molecule has 1 fully saturated rings. The first-order valence-corrected chi connectivity index (χ1v) is 7.84. The van der Waals surface area contributed by atoms with Gasteiger partial charge < -0.3 is 5.32 Å². The van der Waals surface area contributed by atoms with E-state index in [0.29, 0.717) is 18.0 Å². The number of aryl methyl sites for hydroxylation is 2. The predicted molar refractivity (Wildman–Crippen MR) is 82.9 cm³/mol. The van der Waals surface area contributed by atoms with Crippen LogP contribution in [-0.4, -0.2) is 6.04 Å². The summed E-state index contributed by atoms with van der Waals surface area (Å²) in [7, 11) is 0. The van der Waals surface area contributed by atoms with E-state index < -0.39 is 0 Å². The molecular formula is C17H21NS. The van der Waals surface area contributed by atoms with Gasteiger partial charge in [-0.25, -0.2) is 0 Å². The molecule has 2 heteroatoms. The molecule has 3 atom stereocenters. The fraction of sp³-hybridized carbons (Fsp3) is 0.412. The third-order valence-electron chi connectivity index (χ3n) is 4.03. The second-order valence-corrected chi connectivity index (χ2v) is 7.08. The van der Waals surface area contributed by atoms with E-state index in [4.69, 9.17) is 0 Å². The van der Waals surface area contributed by atoms with Gasteiger partial charge in [-0.15, -0.1) is 11.3 Å². The predicted octanol–water partition coefficient (Wildman–Crippen LogP) is 4.57. The summed E-state index contributed by atoms with van der Waals surface area (Å²) in [6.45, 7) is 6.71. The van der Waals surface area contributed by atoms with Crippen molar-refractivity contribution in [2.75, 3.05) is 0 Å². The highest BCUT2D eigenvalue weighted by molar-refractivity contribution is 7.12. The second kappa shape index (κ2) is 5.10. The zero-order valence-corrected chi connectivity index (χ0v) is 12.6. The summed E-state index contributed by atoms with van der Waals surface area (Å²) < 4.78 is 0. The average molecular weight is 271 g/mol. The summed E-state index contributed by atoms with van der Waals surface area (Å²) in [4.78, 5) is 2.87. The number of rotatable bonds is 4. The lowest BCUT2D eigenvalue weighted by atomic mass is 10.1. The van der Waals surface area contributed by atoms with Crippen LogP contribution in [0.4, 0.5) is 0 Å². The highest BCUT2D eigenvalue weighted by Crippen LogP contribution is 2.42. The molecule has 19 heavy (non-hydrogen) atoms. The number of hydrogen-bond donors (Lipinski definition) is 1. The number of hydrogen-bond acceptors (Lipinski definition) is 2. The highest BCUT2D eigenvalue weighted by atomic mass is 32.1. The van der Waals surface area contributed by atoms with Crippen LogP contribution in [0.5, 0.6) is 0 Å². The van der Waals surface area contributed by atoms with Gasteiger partial charge in [0.15, 0.2) is 0 Å². The van der Waals surface area contributed by atoms with Gasteiger partial charge in [0.1, 0.15) is 0 Å². The Labute approximate surface area is 119 Å². The van der Waals surface area contributed by atoms with Crippen molar-refractivity contribution in [3.63, 3.8) is 0 Å². The summed E-state index contributed by atoms with van der Waals surface area (Å²) in [6, 6.07) is 14.3. The molecule has 0 bridgehead atoms.